The fraction of sp³-hybridized carbons (Fsp3) is 0.174. The van der Waals surface area contributed by atoms with Crippen LogP contribution in [0, 0.1) is 0 Å². The SMILES string of the molecule is CS(=O)(=O)c1ccc(NC(=O)c2ccc(S(=O)(=O)N3CCCc4ccccc43)cc2)cc1. The number of hydrogen-bond acceptors (Lipinski definition) is 5. The largest absolute Gasteiger partial charge is 0.322 e. The van der Waals surface area contributed by atoms with Gasteiger partial charge in [0.15, 0.2) is 9.84 Å². The van der Waals surface area contributed by atoms with Gasteiger partial charge in [0.1, 0.15) is 0 Å². The molecule has 0 unspecified atom stereocenters. The zero-order chi connectivity index (χ0) is 22.9. The molecule has 3 aromatic carbocycles. The number of hydrogen-bond donors (Lipinski definition) is 1. The maximum Gasteiger partial charge on any atom is 0.264 e. The van der Waals surface area contributed by atoms with Crippen LogP contribution in [-0.2, 0) is 26.3 Å². The number of aryl methyl sites for hydroxylation is 1. The van der Waals surface area contributed by atoms with Gasteiger partial charge in [-0.05, 0) is 73.0 Å². The molecule has 32 heavy (non-hydrogen) atoms. The van der Waals surface area contributed by atoms with Crippen molar-refractivity contribution in [2.24, 2.45) is 0 Å². The molecule has 7 nitrogen and oxygen atoms in total. The third kappa shape index (κ3) is 4.39. The second-order valence-corrected chi connectivity index (χ2v) is 11.5. The molecule has 0 spiro atoms. The maximum atomic E-state index is 13.2. The second kappa shape index (κ2) is 8.40. The highest BCUT2D eigenvalue weighted by Crippen LogP contribution is 2.31. The Hall–Kier alpha value is -3.17. The van der Waals surface area contributed by atoms with Crippen LogP contribution in [0.4, 0.5) is 11.4 Å². The average molecular weight is 471 g/mol. The van der Waals surface area contributed by atoms with E-state index in [-0.39, 0.29) is 15.4 Å². The third-order valence-electron chi connectivity index (χ3n) is 5.31. The van der Waals surface area contributed by atoms with Gasteiger partial charge < -0.3 is 5.32 Å². The van der Waals surface area contributed by atoms with Crippen molar-refractivity contribution in [3.63, 3.8) is 0 Å². The van der Waals surface area contributed by atoms with E-state index in [9.17, 15) is 21.6 Å². The summed E-state index contributed by atoms with van der Waals surface area (Å²) in [5, 5.41) is 2.68. The van der Waals surface area contributed by atoms with Crippen LogP contribution in [0.5, 0.6) is 0 Å². The molecule has 9 heteroatoms. The highest BCUT2D eigenvalue weighted by Gasteiger charge is 2.28. The zero-order valence-electron chi connectivity index (χ0n) is 17.4. The molecule has 0 atom stereocenters. The minimum absolute atomic E-state index is 0.114. The summed E-state index contributed by atoms with van der Waals surface area (Å²) in [4.78, 5) is 12.8. The summed E-state index contributed by atoms with van der Waals surface area (Å²) in [6, 6.07) is 19.1. The number of amides is 1. The summed E-state index contributed by atoms with van der Waals surface area (Å²) in [6.45, 7) is 0.408. The number of sulfonamides is 1. The molecule has 1 amide bonds. The fourth-order valence-corrected chi connectivity index (χ4v) is 5.81. The molecule has 0 bridgehead atoms. The molecule has 166 valence electrons. The summed E-state index contributed by atoms with van der Waals surface area (Å²) >= 11 is 0. The summed E-state index contributed by atoms with van der Waals surface area (Å²) < 4.78 is 50.9. The number of para-hydroxylation sites is 1. The highest BCUT2D eigenvalue weighted by molar-refractivity contribution is 7.92. The Morgan fingerprint density at radius 3 is 2.12 bits per heavy atom. The molecule has 0 fully saturated rings. The van der Waals surface area contributed by atoms with Gasteiger partial charge in [-0.2, -0.15) is 0 Å². The van der Waals surface area contributed by atoms with Crippen LogP contribution in [0.3, 0.4) is 0 Å². The molecule has 1 aliphatic heterocycles. The van der Waals surface area contributed by atoms with Gasteiger partial charge in [-0.15, -0.1) is 0 Å². The lowest BCUT2D eigenvalue weighted by molar-refractivity contribution is 0.102. The summed E-state index contributed by atoms with van der Waals surface area (Å²) in [5.74, 6) is -0.427. The predicted molar refractivity (Wildman–Crippen MR) is 123 cm³/mol. The Bertz CT molecular complexity index is 1360. The van der Waals surface area contributed by atoms with E-state index < -0.39 is 25.8 Å². The summed E-state index contributed by atoms with van der Waals surface area (Å²) in [5.41, 5.74) is 2.41. The molecular formula is C23H22N2O5S2. The van der Waals surface area contributed by atoms with Gasteiger partial charge in [0.25, 0.3) is 15.9 Å². The first kappa shape index (κ1) is 22.0. The zero-order valence-corrected chi connectivity index (χ0v) is 19.0. The van der Waals surface area contributed by atoms with E-state index in [2.05, 4.69) is 5.32 Å². The van der Waals surface area contributed by atoms with Crippen molar-refractivity contribution in [2.45, 2.75) is 22.6 Å². The van der Waals surface area contributed by atoms with E-state index >= 15 is 0 Å². The Labute approximate surface area is 187 Å². The quantitative estimate of drug-likeness (QED) is 0.615. The predicted octanol–water partition coefficient (Wildman–Crippen LogP) is 3.48. The first-order chi connectivity index (χ1) is 15.2. The molecule has 0 aromatic heterocycles. The average Bonchev–Trinajstić information content (AvgIpc) is 2.78. The molecule has 1 N–H and O–H groups in total. The van der Waals surface area contributed by atoms with Crippen molar-refractivity contribution >= 4 is 37.1 Å². The minimum Gasteiger partial charge on any atom is -0.322 e. The van der Waals surface area contributed by atoms with E-state index in [0.717, 1.165) is 24.7 Å². The van der Waals surface area contributed by atoms with Crippen molar-refractivity contribution in [2.75, 3.05) is 22.4 Å². The van der Waals surface area contributed by atoms with Crippen LogP contribution in [0.15, 0.2) is 82.6 Å². The van der Waals surface area contributed by atoms with Crippen molar-refractivity contribution in [1.29, 1.82) is 0 Å². The number of sulfone groups is 1. The number of benzene rings is 3. The molecule has 0 saturated heterocycles. The van der Waals surface area contributed by atoms with E-state index in [1.807, 2.05) is 24.3 Å². The number of fused-ring (bicyclic) bond motifs is 1. The first-order valence-corrected chi connectivity index (χ1v) is 13.3. The normalized spacial score (nSPS) is 14.0. The van der Waals surface area contributed by atoms with Crippen molar-refractivity contribution < 1.29 is 21.6 Å². The lowest BCUT2D eigenvalue weighted by Crippen LogP contribution is -2.35. The lowest BCUT2D eigenvalue weighted by atomic mass is 10.0. The van der Waals surface area contributed by atoms with Crippen LogP contribution in [0.25, 0.3) is 0 Å². The Morgan fingerprint density at radius 2 is 1.47 bits per heavy atom. The smallest absolute Gasteiger partial charge is 0.264 e. The number of anilines is 2. The van der Waals surface area contributed by atoms with E-state index in [1.54, 1.807) is 0 Å². The van der Waals surface area contributed by atoms with Gasteiger partial charge >= 0.3 is 0 Å². The molecular weight excluding hydrogens is 448 g/mol. The molecule has 4 rings (SSSR count). The van der Waals surface area contributed by atoms with E-state index in [4.69, 9.17) is 0 Å². The Kier molecular flexibility index (Phi) is 5.79. The van der Waals surface area contributed by atoms with Crippen LogP contribution >= 0.6 is 0 Å². The molecule has 1 heterocycles. The standard InChI is InChI=1S/C23H22N2O5S2/c1-31(27,28)20-14-10-19(11-15-20)24-23(26)18-8-12-21(13-9-18)32(29,30)25-16-4-6-17-5-2-3-7-22(17)25/h2-3,5,7-15H,4,6,16H2,1H3,(H,24,26). The minimum atomic E-state index is -3.75. The van der Waals surface area contributed by atoms with Crippen LogP contribution in [0.2, 0.25) is 0 Å². The molecule has 3 aromatic rings. The van der Waals surface area contributed by atoms with Gasteiger partial charge in [0.2, 0.25) is 0 Å². The van der Waals surface area contributed by atoms with Crippen LogP contribution in [0.1, 0.15) is 22.3 Å². The Balaban J connectivity index is 1.52. The first-order valence-electron chi connectivity index (χ1n) is 9.98. The number of nitrogens with one attached hydrogen (secondary N) is 1. The fourth-order valence-electron chi connectivity index (χ4n) is 3.64. The molecule has 0 radical (unpaired) electrons. The number of carbonyl (C=O) groups is 1. The molecule has 1 aliphatic rings. The van der Waals surface area contributed by atoms with Gasteiger partial charge in [-0.25, -0.2) is 16.8 Å². The molecule has 0 aliphatic carbocycles. The van der Waals surface area contributed by atoms with Gasteiger partial charge in [-0.3, -0.25) is 9.10 Å². The van der Waals surface area contributed by atoms with E-state index in [0.29, 0.717) is 17.9 Å². The summed E-state index contributed by atoms with van der Waals surface area (Å²) in [7, 11) is -7.07. The number of nitrogens with zero attached hydrogens (tertiary/aromatic N) is 1. The number of carbonyl (C=O) groups excluding carboxylic acids is 1. The van der Waals surface area contributed by atoms with Crippen LogP contribution in [-0.4, -0.2) is 35.5 Å². The van der Waals surface area contributed by atoms with Gasteiger partial charge in [-0.1, -0.05) is 18.2 Å². The van der Waals surface area contributed by atoms with Gasteiger partial charge in [0.05, 0.1) is 15.5 Å². The number of rotatable bonds is 5. The highest BCUT2D eigenvalue weighted by atomic mass is 32.2. The van der Waals surface area contributed by atoms with Gasteiger partial charge in [0, 0.05) is 24.1 Å². The van der Waals surface area contributed by atoms with Crippen molar-refractivity contribution in [1.82, 2.24) is 0 Å². The second-order valence-electron chi connectivity index (χ2n) is 7.58. The third-order valence-corrected chi connectivity index (χ3v) is 8.27. The van der Waals surface area contributed by atoms with Crippen molar-refractivity contribution in [3.8, 4) is 0 Å². The molecule has 0 saturated carbocycles. The maximum absolute atomic E-state index is 13.2. The Morgan fingerprint density at radius 1 is 0.844 bits per heavy atom. The van der Waals surface area contributed by atoms with E-state index in [1.165, 1.54) is 52.8 Å². The monoisotopic (exact) mass is 470 g/mol. The topological polar surface area (TPSA) is 101 Å². The summed E-state index contributed by atoms with van der Waals surface area (Å²) in [6.07, 6.45) is 2.69. The van der Waals surface area contributed by atoms with Crippen molar-refractivity contribution in [3.05, 3.63) is 83.9 Å². The lowest BCUT2D eigenvalue weighted by Gasteiger charge is -2.30. The van der Waals surface area contributed by atoms with Crippen LogP contribution < -0.4 is 9.62 Å².